The molecule has 0 aromatic carbocycles. The van der Waals surface area contributed by atoms with Crippen molar-refractivity contribution < 1.29 is 19.0 Å². The van der Waals surface area contributed by atoms with Gasteiger partial charge in [-0.3, -0.25) is 4.79 Å². The topological polar surface area (TPSA) is 49.1 Å². The molecule has 1 aliphatic carbocycles. The van der Waals surface area contributed by atoms with Gasteiger partial charge in [0, 0.05) is 26.7 Å². The van der Waals surface area contributed by atoms with Gasteiger partial charge in [0.1, 0.15) is 17.8 Å². The first-order chi connectivity index (χ1) is 10.0. The van der Waals surface area contributed by atoms with Gasteiger partial charge in [0.2, 0.25) is 6.04 Å². The Morgan fingerprint density at radius 2 is 2.38 bits per heavy atom. The van der Waals surface area contributed by atoms with E-state index in [-0.39, 0.29) is 42.0 Å². The van der Waals surface area contributed by atoms with Crippen LogP contribution in [0.4, 0.5) is 0 Å². The largest absolute Gasteiger partial charge is 0.456 e. The average Bonchev–Trinajstić information content (AvgIpc) is 2.75. The minimum atomic E-state index is -0.383. The van der Waals surface area contributed by atoms with Crippen LogP contribution in [-0.4, -0.2) is 42.0 Å². The molecule has 2 bridgehead atoms. The molecule has 2 aliphatic heterocycles. The lowest BCUT2D eigenvalue weighted by atomic mass is 9.82. The van der Waals surface area contributed by atoms with Crippen LogP contribution in [0.5, 0.6) is 0 Å². The number of carbonyl (C=O) groups excluding carboxylic acids is 1. The number of fused-ring (bicyclic) bond motifs is 1. The molecule has 1 spiro atoms. The van der Waals surface area contributed by atoms with E-state index in [1.54, 1.807) is 0 Å². The second kappa shape index (κ2) is 5.43. The van der Waals surface area contributed by atoms with Crippen LogP contribution in [0, 0.1) is 6.57 Å². The second-order valence-electron chi connectivity index (χ2n) is 6.29. The summed E-state index contributed by atoms with van der Waals surface area (Å²) in [7, 11) is 0. The molecule has 2 heterocycles. The Morgan fingerprint density at radius 1 is 1.57 bits per heavy atom. The normalized spacial score (nSPS) is 42.0. The van der Waals surface area contributed by atoms with Crippen molar-refractivity contribution in [3.05, 3.63) is 23.6 Å². The molecular formula is C16H21NO4. The molecule has 0 aromatic heterocycles. The van der Waals surface area contributed by atoms with E-state index in [1.807, 2.05) is 19.1 Å². The summed E-state index contributed by atoms with van der Waals surface area (Å²) in [6, 6.07) is -0.0116. The fraction of sp³-hybridized carbons (Fsp3) is 0.750. The number of rotatable bonds is 3. The van der Waals surface area contributed by atoms with Gasteiger partial charge in [-0.2, -0.15) is 0 Å². The standard InChI is InChI=1S/C16H21NO4/c1-10(17-3)8-12-4-5-15-16(21-12)7-6-13(19-11(2)18)14(9-16)20-15/h6-7,10,12-15H,4-5,8-9H2,1-2H3/t10-,12-,13-,14-,15+,16+/m1/s1. The molecule has 5 nitrogen and oxygen atoms in total. The maximum absolute atomic E-state index is 11.1. The van der Waals surface area contributed by atoms with E-state index < -0.39 is 0 Å². The third-order valence-corrected chi connectivity index (χ3v) is 4.60. The lowest BCUT2D eigenvalue weighted by Crippen LogP contribution is -2.48. The highest BCUT2D eigenvalue weighted by atomic mass is 16.6. The fourth-order valence-electron chi connectivity index (χ4n) is 3.66. The van der Waals surface area contributed by atoms with Gasteiger partial charge in [-0.05, 0) is 18.9 Å². The molecule has 114 valence electrons. The quantitative estimate of drug-likeness (QED) is 0.455. The Bertz CT molecular complexity index is 497. The van der Waals surface area contributed by atoms with Gasteiger partial charge in [0.25, 0.3) is 0 Å². The summed E-state index contributed by atoms with van der Waals surface area (Å²) < 4.78 is 17.6. The average molecular weight is 291 g/mol. The van der Waals surface area contributed by atoms with Crippen molar-refractivity contribution >= 4 is 5.97 Å². The van der Waals surface area contributed by atoms with Gasteiger partial charge in [-0.15, -0.1) is 0 Å². The van der Waals surface area contributed by atoms with Gasteiger partial charge in [-0.1, -0.05) is 6.08 Å². The maximum Gasteiger partial charge on any atom is 0.303 e. The first-order valence-corrected chi connectivity index (χ1v) is 7.59. The Labute approximate surface area is 125 Å². The van der Waals surface area contributed by atoms with Gasteiger partial charge < -0.3 is 19.1 Å². The van der Waals surface area contributed by atoms with E-state index in [0.29, 0.717) is 0 Å². The molecule has 0 aromatic rings. The molecule has 2 fully saturated rings. The van der Waals surface area contributed by atoms with Gasteiger partial charge >= 0.3 is 5.97 Å². The zero-order chi connectivity index (χ0) is 15.0. The zero-order valence-electron chi connectivity index (χ0n) is 12.5. The van der Waals surface area contributed by atoms with Gasteiger partial charge in [0.05, 0.1) is 12.2 Å². The maximum atomic E-state index is 11.1. The minimum Gasteiger partial charge on any atom is -0.456 e. The number of hydrogen-bond donors (Lipinski definition) is 0. The molecule has 2 saturated heterocycles. The van der Waals surface area contributed by atoms with Crippen molar-refractivity contribution in [2.24, 2.45) is 0 Å². The minimum absolute atomic E-state index is 0.0116. The lowest BCUT2D eigenvalue weighted by molar-refractivity contribution is -0.152. The molecule has 0 N–H and O–H groups in total. The summed E-state index contributed by atoms with van der Waals surface area (Å²) in [5, 5.41) is 0. The van der Waals surface area contributed by atoms with E-state index in [4.69, 9.17) is 20.8 Å². The summed E-state index contributed by atoms with van der Waals surface area (Å²) in [5.41, 5.74) is -0.383. The van der Waals surface area contributed by atoms with Crippen LogP contribution in [0.1, 0.15) is 39.5 Å². The molecule has 21 heavy (non-hydrogen) atoms. The van der Waals surface area contributed by atoms with Crippen molar-refractivity contribution in [2.75, 3.05) is 0 Å². The molecule has 3 aliphatic rings. The fourth-order valence-corrected chi connectivity index (χ4v) is 3.66. The van der Waals surface area contributed by atoms with Gasteiger partial charge in [-0.25, -0.2) is 6.57 Å². The monoisotopic (exact) mass is 291 g/mol. The Morgan fingerprint density at radius 3 is 3.10 bits per heavy atom. The summed E-state index contributed by atoms with van der Waals surface area (Å²) >= 11 is 0. The number of nitrogens with zero attached hydrogens (tertiary/aromatic N) is 1. The molecule has 5 heteroatoms. The van der Waals surface area contributed by atoms with Crippen LogP contribution >= 0.6 is 0 Å². The van der Waals surface area contributed by atoms with Crippen LogP contribution in [0.25, 0.3) is 4.85 Å². The third-order valence-electron chi connectivity index (χ3n) is 4.60. The number of esters is 1. The highest BCUT2D eigenvalue weighted by Crippen LogP contribution is 2.47. The number of ether oxygens (including phenoxy) is 3. The summed E-state index contributed by atoms with van der Waals surface area (Å²) in [4.78, 5) is 14.7. The molecular weight excluding hydrogens is 270 g/mol. The molecule has 0 amide bonds. The molecule has 0 unspecified atom stereocenters. The third kappa shape index (κ3) is 2.70. The molecule has 0 radical (unpaired) electrons. The van der Waals surface area contributed by atoms with E-state index in [9.17, 15) is 4.79 Å². The summed E-state index contributed by atoms with van der Waals surface area (Å²) in [5.74, 6) is -0.288. The van der Waals surface area contributed by atoms with Crippen LogP contribution in [-0.2, 0) is 19.0 Å². The Balaban J connectivity index is 1.71. The second-order valence-corrected chi connectivity index (χ2v) is 6.29. The SMILES string of the molecule is [C-]#[N+][C@H](C)C[C@H]1CC[C@@H]2O[C@@H]3C[C@]2(C=C[C@H]3OC(C)=O)O1. The number of hydrogen-bond acceptors (Lipinski definition) is 4. The van der Waals surface area contributed by atoms with Crippen LogP contribution in [0.2, 0.25) is 0 Å². The molecule has 3 rings (SSSR count). The van der Waals surface area contributed by atoms with E-state index in [0.717, 1.165) is 25.7 Å². The zero-order valence-corrected chi connectivity index (χ0v) is 12.5. The summed E-state index contributed by atoms with van der Waals surface area (Å²) in [6.45, 7) is 10.4. The molecule has 6 atom stereocenters. The smallest absolute Gasteiger partial charge is 0.303 e. The highest BCUT2D eigenvalue weighted by Gasteiger charge is 2.56. The van der Waals surface area contributed by atoms with Crippen LogP contribution in [0.3, 0.4) is 0 Å². The Kier molecular flexibility index (Phi) is 3.76. The van der Waals surface area contributed by atoms with Crippen molar-refractivity contribution in [3.63, 3.8) is 0 Å². The highest BCUT2D eigenvalue weighted by molar-refractivity contribution is 5.66. The van der Waals surface area contributed by atoms with Crippen molar-refractivity contribution in [2.45, 2.75) is 75.6 Å². The van der Waals surface area contributed by atoms with Crippen molar-refractivity contribution in [1.82, 2.24) is 0 Å². The van der Waals surface area contributed by atoms with Crippen molar-refractivity contribution in [3.8, 4) is 0 Å². The van der Waals surface area contributed by atoms with Crippen molar-refractivity contribution in [1.29, 1.82) is 0 Å². The molecule has 0 saturated carbocycles. The van der Waals surface area contributed by atoms with E-state index in [1.165, 1.54) is 6.92 Å². The Hall–Kier alpha value is -1.38. The van der Waals surface area contributed by atoms with Crippen LogP contribution in [0.15, 0.2) is 12.2 Å². The van der Waals surface area contributed by atoms with E-state index in [2.05, 4.69) is 4.85 Å². The lowest BCUT2D eigenvalue weighted by Gasteiger charge is -2.40. The van der Waals surface area contributed by atoms with E-state index >= 15 is 0 Å². The van der Waals surface area contributed by atoms with Gasteiger partial charge in [0.15, 0.2) is 0 Å². The predicted molar refractivity (Wildman–Crippen MR) is 75.5 cm³/mol. The first kappa shape index (κ1) is 14.6. The predicted octanol–water partition coefficient (Wildman–Crippen LogP) is 2.26. The number of carbonyl (C=O) groups is 1. The van der Waals surface area contributed by atoms with Crippen LogP contribution < -0.4 is 0 Å². The summed E-state index contributed by atoms with van der Waals surface area (Å²) in [6.07, 6.45) is 7.01. The first-order valence-electron chi connectivity index (χ1n) is 7.59.